The van der Waals surface area contributed by atoms with Crippen LogP contribution >= 0.6 is 11.6 Å². The van der Waals surface area contributed by atoms with E-state index in [1.54, 1.807) is 73.1 Å². The molecule has 4 aromatic rings. The highest BCUT2D eigenvalue weighted by Crippen LogP contribution is 2.42. The van der Waals surface area contributed by atoms with Gasteiger partial charge in [0.1, 0.15) is 5.58 Å². The molecule has 0 saturated carbocycles. The molecule has 0 spiro atoms. The number of carbonyl (C=O) groups is 2. The molecule has 0 saturated heterocycles. The summed E-state index contributed by atoms with van der Waals surface area (Å²) in [6.45, 7) is 0. The Morgan fingerprint density at radius 3 is 2.52 bits per heavy atom. The van der Waals surface area contributed by atoms with E-state index in [1.165, 1.54) is 4.90 Å². The molecule has 3 heterocycles. The number of hydrogen-bond acceptors (Lipinski definition) is 5. The predicted octanol–water partition coefficient (Wildman–Crippen LogP) is 5.26. The molecule has 0 fully saturated rings. The van der Waals surface area contributed by atoms with Gasteiger partial charge >= 0.3 is 0 Å². The Morgan fingerprint density at radius 1 is 1.03 bits per heavy atom. The van der Waals surface area contributed by atoms with Gasteiger partial charge in [-0.15, -0.1) is 0 Å². The quantitative estimate of drug-likeness (QED) is 0.446. The maximum atomic E-state index is 13.5. The van der Waals surface area contributed by atoms with E-state index in [2.05, 4.69) is 4.98 Å². The lowest BCUT2D eigenvalue weighted by Crippen LogP contribution is -2.31. The number of hydrogen-bond donors (Lipinski definition) is 1. The molecule has 0 radical (unpaired) electrons. The van der Waals surface area contributed by atoms with Gasteiger partial charge in [-0.2, -0.15) is 0 Å². The van der Waals surface area contributed by atoms with Gasteiger partial charge < -0.3 is 9.52 Å². The standard InChI is InChI=1S/C24H15ClN2O4/c25-16-6-7-18-15(12-16)13-19(31-18)22(28)20-21(14-8-10-26-11-9-14)27(24(30)23(20)29)17-4-2-1-3-5-17/h1-13,21,29H. The van der Waals surface area contributed by atoms with Gasteiger partial charge in [0.05, 0.1) is 11.6 Å². The number of carbonyl (C=O) groups excluding carboxylic acids is 2. The van der Waals surface area contributed by atoms with E-state index in [-0.39, 0.29) is 11.3 Å². The average Bonchev–Trinajstić information content (AvgIpc) is 3.33. The molecule has 6 nitrogen and oxygen atoms in total. The Morgan fingerprint density at radius 2 is 1.77 bits per heavy atom. The van der Waals surface area contributed by atoms with E-state index < -0.39 is 23.5 Å². The number of benzene rings is 2. The van der Waals surface area contributed by atoms with Crippen molar-refractivity contribution in [3.63, 3.8) is 0 Å². The van der Waals surface area contributed by atoms with Crippen LogP contribution < -0.4 is 4.90 Å². The van der Waals surface area contributed by atoms with Gasteiger partial charge in [-0.25, -0.2) is 0 Å². The fourth-order valence-electron chi connectivity index (χ4n) is 3.81. The number of pyridine rings is 1. The first-order valence-electron chi connectivity index (χ1n) is 9.50. The molecule has 1 N–H and O–H groups in total. The highest BCUT2D eigenvalue weighted by atomic mass is 35.5. The van der Waals surface area contributed by atoms with Gasteiger partial charge in [0.15, 0.2) is 11.5 Å². The van der Waals surface area contributed by atoms with Gasteiger partial charge in [-0.3, -0.25) is 19.5 Å². The van der Waals surface area contributed by atoms with Gasteiger partial charge in [0, 0.05) is 28.5 Å². The predicted molar refractivity (Wildman–Crippen MR) is 116 cm³/mol. The van der Waals surface area contributed by atoms with E-state index in [0.717, 1.165) is 0 Å². The SMILES string of the molecule is O=C(C1=C(O)C(=O)N(c2ccccc2)C1c1ccncc1)c1cc2cc(Cl)ccc2o1. The lowest BCUT2D eigenvalue weighted by atomic mass is 9.95. The molecule has 0 bridgehead atoms. The summed E-state index contributed by atoms with van der Waals surface area (Å²) in [5.41, 5.74) is 1.63. The molecular weight excluding hydrogens is 416 g/mol. The number of Topliss-reactive ketones (excluding diaryl/α,β-unsaturated/α-hetero) is 1. The first-order valence-corrected chi connectivity index (χ1v) is 9.88. The van der Waals surface area contributed by atoms with E-state index in [9.17, 15) is 14.7 Å². The van der Waals surface area contributed by atoms with Crippen LogP contribution in [0.4, 0.5) is 5.69 Å². The molecule has 1 amide bonds. The summed E-state index contributed by atoms with van der Waals surface area (Å²) in [7, 11) is 0. The number of fused-ring (bicyclic) bond motifs is 1. The minimum atomic E-state index is -0.831. The Bertz CT molecular complexity index is 1350. The fraction of sp³-hybridized carbons (Fsp3) is 0.0417. The van der Waals surface area contributed by atoms with Crippen molar-refractivity contribution in [3.05, 3.63) is 107 Å². The van der Waals surface area contributed by atoms with E-state index in [4.69, 9.17) is 16.0 Å². The fourth-order valence-corrected chi connectivity index (χ4v) is 3.99. The number of rotatable bonds is 4. The topological polar surface area (TPSA) is 83.6 Å². The number of furan rings is 1. The van der Waals surface area contributed by atoms with Gasteiger partial charge in [-0.05, 0) is 54.1 Å². The monoisotopic (exact) mass is 430 g/mol. The summed E-state index contributed by atoms with van der Waals surface area (Å²) in [4.78, 5) is 32.0. The maximum Gasteiger partial charge on any atom is 0.294 e. The number of aromatic nitrogens is 1. The first kappa shape index (κ1) is 19.1. The number of anilines is 1. The smallest absolute Gasteiger partial charge is 0.294 e. The molecule has 1 aliphatic heterocycles. The van der Waals surface area contributed by atoms with Crippen LogP contribution in [-0.2, 0) is 4.79 Å². The third-order valence-electron chi connectivity index (χ3n) is 5.21. The second kappa shape index (κ2) is 7.41. The lowest BCUT2D eigenvalue weighted by Gasteiger charge is -2.26. The van der Waals surface area contributed by atoms with Crippen LogP contribution in [0.1, 0.15) is 22.2 Å². The summed E-state index contributed by atoms with van der Waals surface area (Å²) >= 11 is 6.03. The Hall–Kier alpha value is -3.90. The van der Waals surface area contributed by atoms with Gasteiger partial charge in [-0.1, -0.05) is 29.8 Å². The van der Waals surface area contributed by atoms with Crippen LogP contribution in [0.25, 0.3) is 11.0 Å². The molecule has 152 valence electrons. The van der Waals surface area contributed by atoms with E-state index in [1.807, 2.05) is 6.07 Å². The third-order valence-corrected chi connectivity index (χ3v) is 5.45. The number of ketones is 1. The normalized spacial score (nSPS) is 16.4. The largest absolute Gasteiger partial charge is 0.503 e. The number of amides is 1. The number of nitrogens with zero attached hydrogens (tertiary/aromatic N) is 2. The number of aliphatic hydroxyl groups is 1. The summed E-state index contributed by atoms with van der Waals surface area (Å²) < 4.78 is 5.71. The lowest BCUT2D eigenvalue weighted by molar-refractivity contribution is -0.117. The van der Waals surface area contributed by atoms with Crippen molar-refractivity contribution >= 4 is 39.9 Å². The van der Waals surface area contributed by atoms with Crippen LogP contribution in [0.3, 0.4) is 0 Å². The van der Waals surface area contributed by atoms with Crippen molar-refractivity contribution in [3.8, 4) is 0 Å². The highest BCUT2D eigenvalue weighted by molar-refractivity contribution is 6.31. The molecule has 1 atom stereocenters. The molecule has 0 aliphatic carbocycles. The zero-order valence-electron chi connectivity index (χ0n) is 16.0. The van der Waals surface area contributed by atoms with Crippen LogP contribution in [0.2, 0.25) is 5.02 Å². The zero-order chi connectivity index (χ0) is 21.5. The molecular formula is C24H15ClN2O4. The van der Waals surface area contributed by atoms with Crippen LogP contribution in [0.15, 0.2) is 94.9 Å². The van der Waals surface area contributed by atoms with Crippen molar-refractivity contribution in [2.75, 3.05) is 4.90 Å². The Balaban J connectivity index is 1.65. The van der Waals surface area contributed by atoms with E-state index >= 15 is 0 Å². The average molecular weight is 431 g/mol. The second-order valence-electron chi connectivity index (χ2n) is 7.08. The third kappa shape index (κ3) is 3.17. The maximum absolute atomic E-state index is 13.5. The molecule has 2 aromatic carbocycles. The highest BCUT2D eigenvalue weighted by Gasteiger charge is 2.45. The molecule has 2 aromatic heterocycles. The molecule has 31 heavy (non-hydrogen) atoms. The Kier molecular flexibility index (Phi) is 4.56. The number of halogens is 1. The van der Waals surface area contributed by atoms with Gasteiger partial charge in [0.2, 0.25) is 5.78 Å². The van der Waals surface area contributed by atoms with Crippen LogP contribution in [-0.4, -0.2) is 21.8 Å². The number of para-hydroxylation sites is 1. The molecule has 7 heteroatoms. The van der Waals surface area contributed by atoms with Crippen molar-refractivity contribution in [1.29, 1.82) is 0 Å². The first-order chi connectivity index (χ1) is 15.0. The van der Waals surface area contributed by atoms with Crippen molar-refractivity contribution < 1.29 is 19.1 Å². The van der Waals surface area contributed by atoms with Crippen LogP contribution in [0, 0.1) is 0 Å². The summed E-state index contributed by atoms with van der Waals surface area (Å²) in [5, 5.41) is 11.9. The Labute approximate surface area is 182 Å². The minimum Gasteiger partial charge on any atom is -0.503 e. The van der Waals surface area contributed by atoms with Crippen molar-refractivity contribution in [1.82, 2.24) is 4.98 Å². The minimum absolute atomic E-state index is 0.0144. The van der Waals surface area contributed by atoms with Crippen molar-refractivity contribution in [2.24, 2.45) is 0 Å². The molecule has 1 aliphatic rings. The molecule has 1 unspecified atom stereocenters. The second-order valence-corrected chi connectivity index (χ2v) is 7.51. The zero-order valence-corrected chi connectivity index (χ0v) is 16.8. The summed E-state index contributed by atoms with van der Waals surface area (Å²) in [6.07, 6.45) is 3.15. The van der Waals surface area contributed by atoms with Crippen molar-refractivity contribution in [2.45, 2.75) is 6.04 Å². The number of aliphatic hydroxyl groups excluding tert-OH is 1. The molecule has 5 rings (SSSR count). The van der Waals surface area contributed by atoms with Gasteiger partial charge in [0.25, 0.3) is 5.91 Å². The summed E-state index contributed by atoms with van der Waals surface area (Å²) in [5.74, 6) is -1.82. The van der Waals surface area contributed by atoms with Crippen LogP contribution in [0.5, 0.6) is 0 Å². The summed E-state index contributed by atoms with van der Waals surface area (Å²) in [6, 6.07) is 18.0. The van der Waals surface area contributed by atoms with E-state index in [0.29, 0.717) is 27.2 Å².